The number of imide groups is 1. The Kier molecular flexibility index (Phi) is 8.39. The lowest BCUT2D eigenvalue weighted by Gasteiger charge is -2.14. The van der Waals surface area contributed by atoms with Crippen LogP contribution < -0.4 is 4.72 Å². The van der Waals surface area contributed by atoms with Crippen LogP contribution in [0.15, 0.2) is 52.4 Å². The number of fused-ring (bicyclic) bond motifs is 1. The number of carbonyl (C=O) groups excluding carboxylic acids is 2. The number of hydrogen-bond donors (Lipinski definition) is 1. The van der Waals surface area contributed by atoms with Crippen molar-refractivity contribution >= 4 is 73.1 Å². The van der Waals surface area contributed by atoms with Crippen LogP contribution in [-0.2, 0) is 34.6 Å². The summed E-state index contributed by atoms with van der Waals surface area (Å²) in [5.41, 5.74) is 0.472. The molecule has 3 heterocycles. The predicted molar refractivity (Wildman–Crippen MR) is 156 cm³/mol. The standard InChI is InChI=1S/C26H21Cl2F3N6O4S2/c1-14-22(23(28)35(2)34-14)43(40,41)33-7-8-36-24(38)21(42-25(36)39)10-15-3-6-20-17(9-15)12-32-37(20)13-16-4-5-18(27)11-19(16)26(29,30)31/h3-6,9-12,33H,7-8,13H2,1-2H3/b21-10-. The zero-order chi connectivity index (χ0) is 31.3. The van der Waals surface area contributed by atoms with Crippen LogP contribution in [0.3, 0.4) is 0 Å². The highest BCUT2D eigenvalue weighted by Gasteiger charge is 2.36. The molecule has 17 heteroatoms. The largest absolute Gasteiger partial charge is 0.416 e. The first-order chi connectivity index (χ1) is 20.2. The van der Waals surface area contributed by atoms with Gasteiger partial charge in [-0.15, -0.1) is 0 Å². The Hall–Kier alpha value is -3.37. The Bertz CT molecular complexity index is 1920. The van der Waals surface area contributed by atoms with Crippen molar-refractivity contribution in [1.29, 1.82) is 0 Å². The second-order valence-corrected chi connectivity index (χ2v) is 13.0. The molecule has 1 saturated heterocycles. The number of hydrogen-bond acceptors (Lipinski definition) is 7. The summed E-state index contributed by atoms with van der Waals surface area (Å²) in [5, 5.41) is 8.14. The molecule has 10 nitrogen and oxygen atoms in total. The summed E-state index contributed by atoms with van der Waals surface area (Å²) in [4.78, 5) is 26.4. The van der Waals surface area contributed by atoms with Crippen molar-refractivity contribution in [1.82, 2.24) is 29.2 Å². The number of nitrogens with zero attached hydrogens (tertiary/aromatic N) is 5. The van der Waals surface area contributed by atoms with Crippen molar-refractivity contribution in [3.8, 4) is 0 Å². The Balaban J connectivity index is 1.29. The predicted octanol–water partition coefficient (Wildman–Crippen LogP) is 5.47. The Morgan fingerprint density at radius 2 is 1.86 bits per heavy atom. The van der Waals surface area contributed by atoms with E-state index >= 15 is 0 Å². The van der Waals surface area contributed by atoms with E-state index in [9.17, 15) is 31.2 Å². The highest BCUT2D eigenvalue weighted by molar-refractivity contribution is 8.18. The minimum atomic E-state index is -4.59. The molecule has 1 aliphatic rings. The van der Waals surface area contributed by atoms with Gasteiger partial charge in [0.05, 0.1) is 34.4 Å². The van der Waals surface area contributed by atoms with Crippen LogP contribution in [-0.4, -0.2) is 57.1 Å². The number of sulfonamides is 1. The molecule has 2 aromatic carbocycles. The molecule has 0 bridgehead atoms. The highest BCUT2D eigenvalue weighted by Crippen LogP contribution is 2.35. The lowest BCUT2D eigenvalue weighted by atomic mass is 10.1. The summed E-state index contributed by atoms with van der Waals surface area (Å²) in [6, 6.07) is 8.56. The first kappa shape index (κ1) is 31.1. The molecule has 0 saturated carbocycles. The van der Waals surface area contributed by atoms with Crippen LogP contribution in [0.25, 0.3) is 17.0 Å². The summed E-state index contributed by atoms with van der Waals surface area (Å²) in [6.07, 6.45) is -1.59. The minimum Gasteiger partial charge on any atom is -0.268 e. The zero-order valence-corrected chi connectivity index (χ0v) is 25.5. The number of benzene rings is 2. The maximum absolute atomic E-state index is 13.5. The van der Waals surface area contributed by atoms with Gasteiger partial charge >= 0.3 is 6.18 Å². The fraction of sp³-hybridized carbons (Fsp3) is 0.231. The molecule has 1 N–H and O–H groups in total. The van der Waals surface area contributed by atoms with Gasteiger partial charge in [-0.2, -0.15) is 23.4 Å². The molecule has 1 fully saturated rings. The second kappa shape index (κ2) is 11.6. The molecule has 5 rings (SSSR count). The van der Waals surface area contributed by atoms with Gasteiger partial charge in [-0.1, -0.05) is 35.3 Å². The quantitative estimate of drug-likeness (QED) is 0.247. The molecule has 0 unspecified atom stereocenters. The third-order valence-electron chi connectivity index (χ3n) is 6.53. The third-order valence-corrected chi connectivity index (χ3v) is 9.83. The Morgan fingerprint density at radius 1 is 1.12 bits per heavy atom. The SMILES string of the molecule is Cc1nn(C)c(Cl)c1S(=O)(=O)NCCN1C(=O)S/C(=C\c2ccc3c(cnn3Cc3ccc(Cl)cc3C(F)(F)F)c2)C1=O. The van der Waals surface area contributed by atoms with E-state index in [0.717, 1.165) is 11.0 Å². The van der Waals surface area contributed by atoms with Crippen LogP contribution in [0.5, 0.6) is 0 Å². The van der Waals surface area contributed by atoms with E-state index in [1.165, 1.54) is 47.7 Å². The van der Waals surface area contributed by atoms with Crippen LogP contribution >= 0.6 is 35.0 Å². The second-order valence-electron chi connectivity index (χ2n) is 9.48. The molecular formula is C26H21Cl2F3N6O4S2. The maximum atomic E-state index is 13.5. The number of carbonyl (C=O) groups is 2. The molecule has 226 valence electrons. The van der Waals surface area contributed by atoms with Gasteiger partial charge in [0, 0.05) is 30.5 Å². The van der Waals surface area contributed by atoms with Gasteiger partial charge in [0.2, 0.25) is 10.0 Å². The minimum absolute atomic E-state index is 0.000563. The Labute approximate surface area is 257 Å². The van der Waals surface area contributed by atoms with Crippen molar-refractivity contribution in [3.05, 3.63) is 80.1 Å². The monoisotopic (exact) mass is 672 g/mol. The van der Waals surface area contributed by atoms with Crippen LogP contribution in [0.2, 0.25) is 10.2 Å². The summed E-state index contributed by atoms with van der Waals surface area (Å²) in [7, 11) is -2.55. The third kappa shape index (κ3) is 6.31. The number of rotatable bonds is 8. The summed E-state index contributed by atoms with van der Waals surface area (Å²) in [5.74, 6) is -0.594. The van der Waals surface area contributed by atoms with Crippen molar-refractivity contribution in [2.24, 2.45) is 7.05 Å². The molecule has 2 amide bonds. The van der Waals surface area contributed by atoms with E-state index in [0.29, 0.717) is 28.2 Å². The van der Waals surface area contributed by atoms with E-state index in [1.54, 1.807) is 18.2 Å². The normalized spacial score (nSPS) is 15.4. The van der Waals surface area contributed by atoms with Gasteiger partial charge in [0.1, 0.15) is 10.0 Å². The number of aromatic nitrogens is 4. The lowest BCUT2D eigenvalue weighted by molar-refractivity contribution is -0.138. The van der Waals surface area contributed by atoms with E-state index in [4.69, 9.17) is 23.2 Å². The number of aryl methyl sites for hydroxylation is 2. The summed E-state index contributed by atoms with van der Waals surface area (Å²) in [6.45, 7) is 0.888. The Morgan fingerprint density at radius 3 is 2.53 bits per heavy atom. The number of amides is 2. The summed E-state index contributed by atoms with van der Waals surface area (Å²) < 4.78 is 71.0. The summed E-state index contributed by atoms with van der Waals surface area (Å²) >= 11 is 12.5. The van der Waals surface area contributed by atoms with Crippen LogP contribution in [0.1, 0.15) is 22.4 Å². The molecule has 4 aromatic rings. The number of halogens is 5. The zero-order valence-electron chi connectivity index (χ0n) is 22.3. The van der Waals surface area contributed by atoms with Crippen molar-refractivity contribution < 1.29 is 31.2 Å². The molecule has 43 heavy (non-hydrogen) atoms. The van der Waals surface area contributed by atoms with Crippen molar-refractivity contribution in [2.75, 3.05) is 13.1 Å². The molecule has 0 aliphatic carbocycles. The van der Waals surface area contributed by atoms with Gasteiger partial charge in [0.25, 0.3) is 11.1 Å². The number of nitrogens with one attached hydrogen (secondary N) is 1. The van der Waals surface area contributed by atoms with Crippen LogP contribution in [0, 0.1) is 6.92 Å². The molecule has 0 spiro atoms. The average Bonchev–Trinajstić information content (AvgIpc) is 3.52. The smallest absolute Gasteiger partial charge is 0.268 e. The molecule has 0 radical (unpaired) electrons. The van der Waals surface area contributed by atoms with E-state index in [1.807, 2.05) is 0 Å². The molecule has 1 aliphatic heterocycles. The van der Waals surface area contributed by atoms with Gasteiger partial charge in [-0.25, -0.2) is 13.1 Å². The van der Waals surface area contributed by atoms with E-state index < -0.39 is 32.9 Å². The van der Waals surface area contributed by atoms with Crippen molar-refractivity contribution in [3.63, 3.8) is 0 Å². The first-order valence-corrected chi connectivity index (χ1v) is 15.5. The van der Waals surface area contributed by atoms with Gasteiger partial charge in [0.15, 0.2) is 0 Å². The van der Waals surface area contributed by atoms with E-state index in [2.05, 4.69) is 14.9 Å². The molecular weight excluding hydrogens is 652 g/mol. The first-order valence-electron chi connectivity index (χ1n) is 12.4. The lowest BCUT2D eigenvalue weighted by Crippen LogP contribution is -2.37. The fourth-order valence-corrected chi connectivity index (χ4v) is 7.36. The van der Waals surface area contributed by atoms with Crippen molar-refractivity contribution in [2.45, 2.75) is 24.5 Å². The average molecular weight is 674 g/mol. The fourth-order valence-electron chi connectivity index (χ4n) is 4.56. The number of thioether (sulfide) groups is 1. The topological polar surface area (TPSA) is 119 Å². The van der Waals surface area contributed by atoms with Gasteiger partial charge in [-0.3, -0.25) is 23.9 Å². The molecule has 0 atom stereocenters. The van der Waals surface area contributed by atoms with Crippen LogP contribution in [0.4, 0.5) is 18.0 Å². The molecule has 2 aromatic heterocycles. The van der Waals surface area contributed by atoms with E-state index in [-0.39, 0.29) is 50.9 Å². The maximum Gasteiger partial charge on any atom is 0.416 e. The van der Waals surface area contributed by atoms with Gasteiger partial charge in [-0.05, 0) is 60.2 Å². The number of alkyl halides is 3. The van der Waals surface area contributed by atoms with Gasteiger partial charge < -0.3 is 0 Å². The highest BCUT2D eigenvalue weighted by atomic mass is 35.5.